The standard InChI is InChI=1S/C29H30N2O2S/c1-32-22-11-12-28-25(16-22)23(24-9-5-15-30-27(24)17-33-28)8-4-7-21-13-14-29(19-31-21)26-10-3-2-6-20(26)18-34-29/h2-3,5-6,8-12,15-16,21,31H,4,7,13-14,17-19H2,1H3/b23-8+. The summed E-state index contributed by atoms with van der Waals surface area (Å²) < 4.78 is 11.9. The van der Waals surface area contributed by atoms with Gasteiger partial charge < -0.3 is 14.8 Å². The molecule has 1 aromatic heterocycles. The summed E-state index contributed by atoms with van der Waals surface area (Å²) in [4.78, 5) is 4.60. The van der Waals surface area contributed by atoms with Gasteiger partial charge in [-0.3, -0.25) is 4.98 Å². The number of pyridine rings is 1. The summed E-state index contributed by atoms with van der Waals surface area (Å²) in [5.74, 6) is 2.88. The van der Waals surface area contributed by atoms with Gasteiger partial charge in [-0.05, 0) is 66.6 Å². The fraction of sp³-hybridized carbons (Fsp3) is 0.345. The predicted octanol–water partition coefficient (Wildman–Crippen LogP) is 6.09. The highest BCUT2D eigenvalue weighted by atomic mass is 32.2. The van der Waals surface area contributed by atoms with Crippen LogP contribution in [0, 0.1) is 0 Å². The Hall–Kier alpha value is -2.76. The molecule has 6 rings (SSSR count). The van der Waals surface area contributed by atoms with Gasteiger partial charge in [-0.1, -0.05) is 36.4 Å². The average molecular weight is 471 g/mol. The molecular formula is C29H30N2O2S. The minimum absolute atomic E-state index is 0.268. The van der Waals surface area contributed by atoms with Crippen LogP contribution in [0.5, 0.6) is 11.5 Å². The number of rotatable bonds is 4. The van der Waals surface area contributed by atoms with Gasteiger partial charge in [0.25, 0.3) is 0 Å². The number of aromatic nitrogens is 1. The lowest BCUT2D eigenvalue weighted by Crippen LogP contribution is -2.45. The molecule has 3 aromatic rings. The molecule has 0 aliphatic carbocycles. The Kier molecular flexibility index (Phi) is 5.84. The molecule has 1 N–H and O–H groups in total. The third-order valence-corrected chi connectivity index (χ3v) is 9.05. The van der Waals surface area contributed by atoms with Crippen molar-refractivity contribution in [2.45, 2.75) is 48.8 Å². The van der Waals surface area contributed by atoms with Crippen molar-refractivity contribution in [3.05, 3.63) is 94.8 Å². The first-order chi connectivity index (χ1) is 16.8. The fourth-order valence-corrected chi connectivity index (χ4v) is 7.09. The fourth-order valence-electron chi connectivity index (χ4n) is 5.60. The number of piperidine rings is 1. The van der Waals surface area contributed by atoms with Gasteiger partial charge in [-0.2, -0.15) is 0 Å². The minimum Gasteiger partial charge on any atom is -0.497 e. The van der Waals surface area contributed by atoms with E-state index < -0.39 is 0 Å². The Balaban J connectivity index is 1.20. The third-order valence-electron chi connectivity index (χ3n) is 7.47. The summed E-state index contributed by atoms with van der Waals surface area (Å²) >= 11 is 2.13. The summed E-state index contributed by atoms with van der Waals surface area (Å²) in [5.41, 5.74) is 7.50. The number of methoxy groups -OCH3 is 1. The molecule has 0 saturated carbocycles. The zero-order valence-corrected chi connectivity index (χ0v) is 20.4. The van der Waals surface area contributed by atoms with E-state index in [-0.39, 0.29) is 4.75 Å². The number of nitrogens with one attached hydrogen (secondary N) is 1. The summed E-state index contributed by atoms with van der Waals surface area (Å²) in [5, 5.41) is 3.89. The van der Waals surface area contributed by atoms with E-state index >= 15 is 0 Å². The Morgan fingerprint density at radius 2 is 2.12 bits per heavy atom. The molecule has 3 aliphatic heterocycles. The molecule has 174 valence electrons. The monoisotopic (exact) mass is 470 g/mol. The number of hydrogen-bond acceptors (Lipinski definition) is 5. The van der Waals surface area contributed by atoms with Gasteiger partial charge >= 0.3 is 0 Å². The molecule has 2 aromatic carbocycles. The number of hydrogen-bond donors (Lipinski definition) is 1. The Morgan fingerprint density at radius 1 is 1.18 bits per heavy atom. The zero-order valence-electron chi connectivity index (χ0n) is 19.5. The number of benzene rings is 2. The highest BCUT2D eigenvalue weighted by Gasteiger charge is 2.41. The van der Waals surface area contributed by atoms with Crippen LogP contribution in [0.25, 0.3) is 5.57 Å². The van der Waals surface area contributed by atoms with Crippen molar-refractivity contribution < 1.29 is 9.47 Å². The van der Waals surface area contributed by atoms with Crippen molar-refractivity contribution in [3.8, 4) is 11.5 Å². The first-order valence-corrected chi connectivity index (χ1v) is 13.2. The van der Waals surface area contributed by atoms with E-state index in [0.717, 1.165) is 53.5 Å². The van der Waals surface area contributed by atoms with E-state index in [1.165, 1.54) is 24.0 Å². The van der Waals surface area contributed by atoms with Gasteiger partial charge in [-0.15, -0.1) is 11.8 Å². The van der Waals surface area contributed by atoms with Crippen molar-refractivity contribution in [1.29, 1.82) is 0 Å². The van der Waals surface area contributed by atoms with Crippen molar-refractivity contribution in [2.24, 2.45) is 0 Å². The Labute approximate surface area is 205 Å². The van der Waals surface area contributed by atoms with Crippen molar-refractivity contribution >= 4 is 17.3 Å². The maximum Gasteiger partial charge on any atom is 0.131 e. The molecule has 0 radical (unpaired) electrons. The summed E-state index contributed by atoms with van der Waals surface area (Å²) in [6, 6.07) is 19.8. The first-order valence-electron chi connectivity index (χ1n) is 12.2. The molecule has 4 nitrogen and oxygen atoms in total. The molecule has 2 atom stereocenters. The predicted molar refractivity (Wildman–Crippen MR) is 138 cm³/mol. The zero-order chi connectivity index (χ0) is 23.0. The molecule has 0 bridgehead atoms. The van der Waals surface area contributed by atoms with E-state index in [1.807, 2.05) is 24.4 Å². The molecule has 0 amide bonds. The molecule has 5 heteroatoms. The molecule has 3 aliphatic rings. The molecule has 4 heterocycles. The highest BCUT2D eigenvalue weighted by Crippen LogP contribution is 2.51. The van der Waals surface area contributed by atoms with E-state index in [0.29, 0.717) is 12.6 Å². The van der Waals surface area contributed by atoms with Crippen LogP contribution in [0.15, 0.2) is 66.9 Å². The number of nitrogens with zero attached hydrogens (tertiary/aromatic N) is 1. The van der Waals surface area contributed by atoms with Crippen molar-refractivity contribution in [2.75, 3.05) is 13.7 Å². The van der Waals surface area contributed by atoms with Crippen LogP contribution < -0.4 is 14.8 Å². The quantitative estimate of drug-likeness (QED) is 0.500. The van der Waals surface area contributed by atoms with Gasteiger partial charge in [-0.25, -0.2) is 0 Å². The van der Waals surface area contributed by atoms with Crippen LogP contribution in [-0.4, -0.2) is 24.7 Å². The average Bonchev–Trinajstić information content (AvgIpc) is 3.16. The molecule has 2 unspecified atom stereocenters. The van der Waals surface area contributed by atoms with Crippen LogP contribution in [0.4, 0.5) is 0 Å². The second kappa shape index (κ2) is 9.12. The number of ether oxygens (including phenoxy) is 2. The second-order valence-corrected chi connectivity index (χ2v) is 10.8. The molecule has 1 fully saturated rings. The summed E-state index contributed by atoms with van der Waals surface area (Å²) in [6.45, 7) is 1.55. The minimum atomic E-state index is 0.268. The lowest BCUT2D eigenvalue weighted by Gasteiger charge is -2.38. The van der Waals surface area contributed by atoms with Gasteiger partial charge in [0.1, 0.15) is 18.1 Å². The normalized spacial score (nSPS) is 24.1. The maximum absolute atomic E-state index is 6.11. The summed E-state index contributed by atoms with van der Waals surface area (Å²) in [6.07, 6.45) is 8.83. The van der Waals surface area contributed by atoms with E-state index in [4.69, 9.17) is 9.47 Å². The maximum atomic E-state index is 6.11. The SMILES string of the molecule is COc1ccc2c(c1)/C(=C/CCC1CCC3(CN1)SCc1ccccc13)c1cccnc1CO2. The lowest BCUT2D eigenvalue weighted by atomic mass is 9.84. The lowest BCUT2D eigenvalue weighted by molar-refractivity contribution is 0.302. The third kappa shape index (κ3) is 3.91. The highest BCUT2D eigenvalue weighted by molar-refractivity contribution is 7.99. The van der Waals surface area contributed by atoms with Crippen LogP contribution in [-0.2, 0) is 17.1 Å². The van der Waals surface area contributed by atoms with Gasteiger partial charge in [0.15, 0.2) is 0 Å². The van der Waals surface area contributed by atoms with E-state index in [2.05, 4.69) is 64.5 Å². The topological polar surface area (TPSA) is 43.4 Å². The van der Waals surface area contributed by atoms with Crippen LogP contribution in [0.2, 0.25) is 0 Å². The van der Waals surface area contributed by atoms with Crippen LogP contribution in [0.1, 0.15) is 53.6 Å². The Morgan fingerprint density at radius 3 is 3.00 bits per heavy atom. The molecule has 1 saturated heterocycles. The van der Waals surface area contributed by atoms with Gasteiger partial charge in [0.05, 0.1) is 17.6 Å². The van der Waals surface area contributed by atoms with Crippen LogP contribution >= 0.6 is 11.8 Å². The van der Waals surface area contributed by atoms with Gasteiger partial charge in [0, 0.05) is 35.7 Å². The molecule has 34 heavy (non-hydrogen) atoms. The number of allylic oxidation sites excluding steroid dienone is 1. The first kappa shape index (κ1) is 21.8. The van der Waals surface area contributed by atoms with E-state index in [9.17, 15) is 0 Å². The number of fused-ring (bicyclic) bond motifs is 4. The van der Waals surface area contributed by atoms with Crippen LogP contribution in [0.3, 0.4) is 0 Å². The summed E-state index contributed by atoms with van der Waals surface area (Å²) in [7, 11) is 1.71. The smallest absolute Gasteiger partial charge is 0.131 e. The van der Waals surface area contributed by atoms with Crippen molar-refractivity contribution in [1.82, 2.24) is 10.3 Å². The second-order valence-electron chi connectivity index (χ2n) is 9.40. The molecule has 1 spiro atoms. The van der Waals surface area contributed by atoms with Crippen molar-refractivity contribution in [3.63, 3.8) is 0 Å². The van der Waals surface area contributed by atoms with E-state index in [1.54, 1.807) is 12.7 Å². The molecular weight excluding hydrogens is 440 g/mol. The number of thioether (sulfide) groups is 1. The Bertz CT molecular complexity index is 1230. The van der Waals surface area contributed by atoms with Gasteiger partial charge in [0.2, 0.25) is 0 Å². The largest absolute Gasteiger partial charge is 0.497 e.